The molecule has 2 unspecified atom stereocenters. The van der Waals surface area contributed by atoms with E-state index in [1.807, 2.05) is 0 Å². The monoisotopic (exact) mass is 212 g/mol. The van der Waals surface area contributed by atoms with Crippen LogP contribution < -0.4 is 0 Å². The van der Waals surface area contributed by atoms with E-state index in [0.717, 1.165) is 23.7 Å². The Kier molecular flexibility index (Phi) is 8.19. The fourth-order valence-electron chi connectivity index (χ4n) is 2.40. The maximum absolute atomic E-state index is 2.38. The van der Waals surface area contributed by atoms with Gasteiger partial charge in [0.1, 0.15) is 0 Å². The van der Waals surface area contributed by atoms with Gasteiger partial charge in [0.25, 0.3) is 0 Å². The van der Waals surface area contributed by atoms with Gasteiger partial charge in [0.05, 0.1) is 0 Å². The second-order valence-electron chi connectivity index (χ2n) is 5.89. The maximum Gasteiger partial charge on any atom is -0.0391 e. The van der Waals surface area contributed by atoms with Crippen molar-refractivity contribution in [3.05, 3.63) is 0 Å². The molecule has 0 rings (SSSR count). The molecule has 0 saturated heterocycles. The molecule has 0 fully saturated rings. The summed E-state index contributed by atoms with van der Waals surface area (Å²) in [7, 11) is 0. The second kappa shape index (κ2) is 8.19. The van der Waals surface area contributed by atoms with Crippen LogP contribution in [0.5, 0.6) is 0 Å². The van der Waals surface area contributed by atoms with Crippen molar-refractivity contribution in [1.82, 2.24) is 0 Å². The standard InChI is InChI=1S/C15H32/c1-7-14(10-9-12(3)4)11-15(8-2)13(5)6/h12-15H,7-11H2,1-6H3. The summed E-state index contributed by atoms with van der Waals surface area (Å²) in [5, 5.41) is 0. The Morgan fingerprint density at radius 1 is 0.800 bits per heavy atom. The van der Waals surface area contributed by atoms with Crippen LogP contribution in [0, 0.1) is 23.7 Å². The summed E-state index contributed by atoms with van der Waals surface area (Å²) >= 11 is 0. The molecule has 0 nitrogen and oxygen atoms in total. The molecule has 0 aliphatic carbocycles. The first kappa shape index (κ1) is 15.0. The Morgan fingerprint density at radius 3 is 1.73 bits per heavy atom. The van der Waals surface area contributed by atoms with Crippen LogP contribution in [0.15, 0.2) is 0 Å². The minimum absolute atomic E-state index is 0.864. The summed E-state index contributed by atoms with van der Waals surface area (Å²) in [5.74, 6) is 3.66. The minimum atomic E-state index is 0.864. The van der Waals surface area contributed by atoms with Gasteiger partial charge in [-0.25, -0.2) is 0 Å². The Morgan fingerprint density at radius 2 is 1.40 bits per heavy atom. The third-order valence-corrected chi connectivity index (χ3v) is 3.83. The van der Waals surface area contributed by atoms with E-state index in [1.54, 1.807) is 0 Å². The van der Waals surface area contributed by atoms with Gasteiger partial charge in [-0.05, 0) is 30.1 Å². The average molecular weight is 212 g/mol. The SMILES string of the molecule is CCC(CCC(C)C)CC(CC)C(C)C. The number of hydrogen-bond acceptors (Lipinski definition) is 0. The van der Waals surface area contributed by atoms with Crippen LogP contribution in [0.25, 0.3) is 0 Å². The van der Waals surface area contributed by atoms with E-state index < -0.39 is 0 Å². The minimum Gasteiger partial charge on any atom is -0.0651 e. The molecular formula is C15H32. The topological polar surface area (TPSA) is 0 Å². The largest absolute Gasteiger partial charge is 0.0651 e. The summed E-state index contributed by atoms with van der Waals surface area (Å²) in [5.41, 5.74) is 0. The molecular weight excluding hydrogens is 180 g/mol. The number of rotatable bonds is 8. The van der Waals surface area contributed by atoms with Crippen LogP contribution >= 0.6 is 0 Å². The molecule has 0 aromatic rings. The van der Waals surface area contributed by atoms with E-state index in [-0.39, 0.29) is 0 Å². The fraction of sp³-hybridized carbons (Fsp3) is 1.00. The van der Waals surface area contributed by atoms with Gasteiger partial charge in [-0.1, -0.05) is 67.2 Å². The van der Waals surface area contributed by atoms with E-state index in [4.69, 9.17) is 0 Å². The zero-order valence-electron chi connectivity index (χ0n) is 11.8. The Hall–Kier alpha value is 0. The average Bonchev–Trinajstić information content (AvgIpc) is 2.17. The molecule has 2 atom stereocenters. The van der Waals surface area contributed by atoms with Crippen LogP contribution in [-0.4, -0.2) is 0 Å². The molecule has 0 amide bonds. The predicted molar refractivity (Wildman–Crippen MR) is 71.1 cm³/mol. The first-order valence-corrected chi connectivity index (χ1v) is 7.01. The zero-order chi connectivity index (χ0) is 11.8. The van der Waals surface area contributed by atoms with E-state index >= 15 is 0 Å². The van der Waals surface area contributed by atoms with Crippen molar-refractivity contribution in [2.75, 3.05) is 0 Å². The fourth-order valence-corrected chi connectivity index (χ4v) is 2.40. The van der Waals surface area contributed by atoms with Gasteiger partial charge in [-0.3, -0.25) is 0 Å². The molecule has 0 aromatic heterocycles. The van der Waals surface area contributed by atoms with Crippen LogP contribution in [0.2, 0.25) is 0 Å². The highest BCUT2D eigenvalue weighted by atomic mass is 14.2. The van der Waals surface area contributed by atoms with Gasteiger partial charge in [0, 0.05) is 0 Å². The quantitative estimate of drug-likeness (QED) is 0.497. The van der Waals surface area contributed by atoms with Crippen molar-refractivity contribution in [3.63, 3.8) is 0 Å². The summed E-state index contributed by atoms with van der Waals surface area (Å²) in [4.78, 5) is 0. The summed E-state index contributed by atoms with van der Waals surface area (Å²) < 4.78 is 0. The molecule has 92 valence electrons. The van der Waals surface area contributed by atoms with Gasteiger partial charge < -0.3 is 0 Å². The van der Waals surface area contributed by atoms with Gasteiger partial charge in [-0.2, -0.15) is 0 Å². The van der Waals surface area contributed by atoms with Crippen molar-refractivity contribution >= 4 is 0 Å². The molecule has 0 radical (unpaired) electrons. The molecule has 0 aliphatic heterocycles. The smallest absolute Gasteiger partial charge is 0.0391 e. The van der Waals surface area contributed by atoms with Crippen molar-refractivity contribution < 1.29 is 0 Å². The third kappa shape index (κ3) is 6.98. The molecule has 0 heteroatoms. The van der Waals surface area contributed by atoms with Gasteiger partial charge >= 0.3 is 0 Å². The van der Waals surface area contributed by atoms with Crippen molar-refractivity contribution in [1.29, 1.82) is 0 Å². The van der Waals surface area contributed by atoms with Crippen LogP contribution in [0.1, 0.15) is 73.6 Å². The molecule has 15 heavy (non-hydrogen) atoms. The van der Waals surface area contributed by atoms with Crippen LogP contribution in [0.4, 0.5) is 0 Å². The summed E-state index contributed by atoms with van der Waals surface area (Å²) in [6, 6.07) is 0. The molecule has 0 saturated carbocycles. The summed E-state index contributed by atoms with van der Waals surface area (Å²) in [6.07, 6.45) is 7.04. The highest BCUT2D eigenvalue weighted by molar-refractivity contribution is 4.68. The van der Waals surface area contributed by atoms with E-state index in [9.17, 15) is 0 Å². The Bertz CT molecular complexity index is 135. The molecule has 0 heterocycles. The van der Waals surface area contributed by atoms with Crippen LogP contribution in [-0.2, 0) is 0 Å². The Balaban J connectivity index is 3.95. The van der Waals surface area contributed by atoms with Gasteiger partial charge in [-0.15, -0.1) is 0 Å². The van der Waals surface area contributed by atoms with E-state index in [2.05, 4.69) is 41.5 Å². The molecule has 0 aromatic carbocycles. The van der Waals surface area contributed by atoms with Gasteiger partial charge in [0.15, 0.2) is 0 Å². The lowest BCUT2D eigenvalue weighted by atomic mass is 9.81. The van der Waals surface area contributed by atoms with Crippen molar-refractivity contribution in [2.24, 2.45) is 23.7 Å². The molecule has 0 spiro atoms. The Labute approximate surface area is 97.8 Å². The number of hydrogen-bond donors (Lipinski definition) is 0. The lowest BCUT2D eigenvalue weighted by molar-refractivity contribution is 0.265. The third-order valence-electron chi connectivity index (χ3n) is 3.83. The van der Waals surface area contributed by atoms with Gasteiger partial charge in [0.2, 0.25) is 0 Å². The lowest BCUT2D eigenvalue weighted by Gasteiger charge is -2.25. The second-order valence-corrected chi connectivity index (χ2v) is 5.89. The molecule has 0 bridgehead atoms. The van der Waals surface area contributed by atoms with Crippen molar-refractivity contribution in [2.45, 2.75) is 73.6 Å². The first-order valence-electron chi connectivity index (χ1n) is 7.01. The maximum atomic E-state index is 2.38. The normalized spacial score (nSPS) is 16.0. The van der Waals surface area contributed by atoms with E-state index in [1.165, 1.54) is 32.1 Å². The van der Waals surface area contributed by atoms with Crippen LogP contribution in [0.3, 0.4) is 0 Å². The summed E-state index contributed by atoms with van der Waals surface area (Å²) in [6.45, 7) is 14.1. The van der Waals surface area contributed by atoms with E-state index in [0.29, 0.717) is 0 Å². The zero-order valence-corrected chi connectivity index (χ0v) is 11.8. The first-order chi connectivity index (χ1) is 7.01. The predicted octanol–water partition coefficient (Wildman–Crippen LogP) is 5.52. The highest BCUT2D eigenvalue weighted by Crippen LogP contribution is 2.28. The molecule has 0 aliphatic rings. The molecule has 0 N–H and O–H groups in total. The lowest BCUT2D eigenvalue weighted by Crippen LogP contribution is -2.14. The highest BCUT2D eigenvalue weighted by Gasteiger charge is 2.16. The van der Waals surface area contributed by atoms with Crippen molar-refractivity contribution in [3.8, 4) is 0 Å².